The lowest BCUT2D eigenvalue weighted by atomic mass is 10.1. The first-order valence-corrected chi connectivity index (χ1v) is 7.19. The number of aryl methyl sites for hydroxylation is 2. The van der Waals surface area contributed by atoms with Gasteiger partial charge in [-0.25, -0.2) is 0 Å². The molecule has 0 aliphatic carbocycles. The van der Waals surface area contributed by atoms with Gasteiger partial charge >= 0.3 is 0 Å². The molecule has 0 bridgehead atoms. The monoisotopic (exact) mass is 291 g/mol. The van der Waals surface area contributed by atoms with Crippen LogP contribution in [0.1, 0.15) is 27.3 Å². The van der Waals surface area contributed by atoms with Crippen LogP contribution in [-0.4, -0.2) is 15.9 Å². The van der Waals surface area contributed by atoms with Crippen LogP contribution >= 0.6 is 0 Å². The number of carbonyl (C=O) groups excluding carboxylic acids is 1. The highest BCUT2D eigenvalue weighted by atomic mass is 16.1. The molecule has 2 heterocycles. The molecule has 0 fully saturated rings. The van der Waals surface area contributed by atoms with Gasteiger partial charge in [-0.2, -0.15) is 0 Å². The molecule has 0 saturated heterocycles. The number of amides is 1. The molecule has 1 N–H and O–H groups in total. The Balaban J connectivity index is 1.85. The van der Waals surface area contributed by atoms with Gasteiger partial charge in [0, 0.05) is 11.6 Å². The number of nitrogens with zero attached hydrogens (tertiary/aromatic N) is 2. The maximum absolute atomic E-state index is 12.4. The second kappa shape index (κ2) is 5.93. The van der Waals surface area contributed by atoms with Crippen molar-refractivity contribution in [2.75, 3.05) is 0 Å². The summed E-state index contributed by atoms with van der Waals surface area (Å²) < 4.78 is 0. The fourth-order valence-corrected chi connectivity index (χ4v) is 2.39. The fraction of sp³-hybridized carbons (Fsp3) is 0.167. The Morgan fingerprint density at radius 1 is 1.14 bits per heavy atom. The molecule has 0 aliphatic heterocycles. The van der Waals surface area contributed by atoms with Crippen molar-refractivity contribution < 1.29 is 4.79 Å². The minimum absolute atomic E-state index is 0.126. The van der Waals surface area contributed by atoms with Gasteiger partial charge < -0.3 is 5.32 Å². The highest BCUT2D eigenvalue weighted by Crippen LogP contribution is 2.18. The van der Waals surface area contributed by atoms with Crippen LogP contribution in [0, 0.1) is 13.8 Å². The Kier molecular flexibility index (Phi) is 3.83. The first kappa shape index (κ1) is 14.2. The van der Waals surface area contributed by atoms with E-state index in [1.807, 2.05) is 56.3 Å². The Bertz CT molecular complexity index is 828. The van der Waals surface area contributed by atoms with E-state index in [1.165, 1.54) is 0 Å². The average molecular weight is 291 g/mol. The van der Waals surface area contributed by atoms with Crippen molar-refractivity contribution in [3.63, 3.8) is 0 Å². The zero-order valence-corrected chi connectivity index (χ0v) is 12.6. The van der Waals surface area contributed by atoms with Crippen LogP contribution in [0.25, 0.3) is 10.9 Å². The number of hydrogen-bond acceptors (Lipinski definition) is 3. The maximum Gasteiger partial charge on any atom is 0.253 e. The lowest BCUT2D eigenvalue weighted by molar-refractivity contribution is 0.0949. The van der Waals surface area contributed by atoms with E-state index in [-0.39, 0.29) is 5.91 Å². The molecule has 0 saturated carbocycles. The van der Waals surface area contributed by atoms with Gasteiger partial charge in [0.05, 0.1) is 29.0 Å². The smallest absolute Gasteiger partial charge is 0.253 e. The number of rotatable bonds is 3. The molecule has 0 unspecified atom stereocenters. The predicted octanol–water partition coefficient (Wildman–Crippen LogP) is 3.18. The Labute approximate surface area is 129 Å². The predicted molar refractivity (Wildman–Crippen MR) is 86.6 cm³/mol. The van der Waals surface area contributed by atoms with Crippen LogP contribution in [0.2, 0.25) is 0 Å². The number of fused-ring (bicyclic) bond motifs is 1. The van der Waals surface area contributed by atoms with Crippen LogP contribution < -0.4 is 5.32 Å². The molecule has 0 spiro atoms. The summed E-state index contributed by atoms with van der Waals surface area (Å²) in [6.45, 7) is 4.29. The molecule has 2 aromatic heterocycles. The number of carbonyl (C=O) groups is 1. The van der Waals surface area contributed by atoms with E-state index in [9.17, 15) is 4.79 Å². The van der Waals surface area contributed by atoms with Gasteiger partial charge in [0.1, 0.15) is 0 Å². The van der Waals surface area contributed by atoms with Crippen molar-refractivity contribution in [3.8, 4) is 0 Å². The van der Waals surface area contributed by atoms with Crippen LogP contribution in [0.3, 0.4) is 0 Å². The lowest BCUT2D eigenvalue weighted by Gasteiger charge is -2.09. The molecule has 1 aromatic carbocycles. The molecule has 3 aromatic rings. The molecular weight excluding hydrogens is 274 g/mol. The summed E-state index contributed by atoms with van der Waals surface area (Å²) in [5.41, 5.74) is 4.23. The number of benzene rings is 1. The number of pyridine rings is 2. The van der Waals surface area contributed by atoms with Crippen molar-refractivity contribution in [1.82, 2.24) is 15.3 Å². The van der Waals surface area contributed by atoms with Crippen molar-refractivity contribution in [2.45, 2.75) is 20.4 Å². The Morgan fingerprint density at radius 2 is 2.00 bits per heavy atom. The topological polar surface area (TPSA) is 54.9 Å². The summed E-state index contributed by atoms with van der Waals surface area (Å²) in [6, 6.07) is 13.6. The van der Waals surface area contributed by atoms with E-state index < -0.39 is 0 Å². The van der Waals surface area contributed by atoms with Crippen LogP contribution in [0.15, 0.2) is 48.7 Å². The van der Waals surface area contributed by atoms with Gasteiger partial charge in [0.2, 0.25) is 0 Å². The third-order valence-corrected chi connectivity index (χ3v) is 3.56. The van der Waals surface area contributed by atoms with E-state index >= 15 is 0 Å². The highest BCUT2D eigenvalue weighted by molar-refractivity contribution is 5.98. The van der Waals surface area contributed by atoms with Crippen LogP contribution in [0.5, 0.6) is 0 Å². The van der Waals surface area contributed by atoms with E-state index in [0.717, 1.165) is 27.9 Å². The van der Waals surface area contributed by atoms with E-state index in [0.29, 0.717) is 12.1 Å². The molecule has 4 heteroatoms. The summed E-state index contributed by atoms with van der Waals surface area (Å²) in [5.74, 6) is -0.126. The third-order valence-electron chi connectivity index (χ3n) is 3.56. The summed E-state index contributed by atoms with van der Waals surface area (Å²) in [7, 11) is 0. The number of nitrogens with one attached hydrogen (secondary N) is 1. The third kappa shape index (κ3) is 2.96. The Hall–Kier alpha value is -2.75. The van der Waals surface area contributed by atoms with Gasteiger partial charge in [-0.05, 0) is 44.2 Å². The molecule has 0 radical (unpaired) electrons. The zero-order valence-electron chi connectivity index (χ0n) is 12.6. The minimum atomic E-state index is -0.126. The normalized spacial score (nSPS) is 10.6. The maximum atomic E-state index is 12.4. The second-order valence-electron chi connectivity index (χ2n) is 5.32. The van der Waals surface area contributed by atoms with Crippen molar-refractivity contribution in [1.29, 1.82) is 0 Å². The molecule has 4 nitrogen and oxygen atoms in total. The first-order valence-electron chi connectivity index (χ1n) is 7.19. The Morgan fingerprint density at radius 3 is 2.77 bits per heavy atom. The molecule has 0 atom stereocenters. The van der Waals surface area contributed by atoms with Crippen LogP contribution in [0.4, 0.5) is 0 Å². The van der Waals surface area contributed by atoms with Gasteiger partial charge in [-0.1, -0.05) is 17.7 Å². The van der Waals surface area contributed by atoms with Gasteiger partial charge in [0.15, 0.2) is 0 Å². The summed E-state index contributed by atoms with van der Waals surface area (Å²) in [5, 5.41) is 3.87. The molecular formula is C18H17N3O. The van der Waals surface area contributed by atoms with Crippen molar-refractivity contribution in [3.05, 3.63) is 71.2 Å². The summed E-state index contributed by atoms with van der Waals surface area (Å²) >= 11 is 0. The zero-order chi connectivity index (χ0) is 15.5. The molecule has 3 rings (SSSR count). The van der Waals surface area contributed by atoms with E-state index in [4.69, 9.17) is 0 Å². The summed E-state index contributed by atoms with van der Waals surface area (Å²) in [4.78, 5) is 21.1. The first-order chi connectivity index (χ1) is 10.6. The van der Waals surface area contributed by atoms with E-state index in [2.05, 4.69) is 15.3 Å². The minimum Gasteiger partial charge on any atom is -0.346 e. The quantitative estimate of drug-likeness (QED) is 0.806. The van der Waals surface area contributed by atoms with Gasteiger partial charge in [-0.15, -0.1) is 0 Å². The highest BCUT2D eigenvalue weighted by Gasteiger charge is 2.11. The fourth-order valence-electron chi connectivity index (χ4n) is 2.39. The molecule has 0 aliphatic rings. The number of aromatic nitrogens is 2. The summed E-state index contributed by atoms with van der Waals surface area (Å²) in [6.07, 6.45) is 1.72. The van der Waals surface area contributed by atoms with Crippen molar-refractivity contribution >= 4 is 16.8 Å². The largest absolute Gasteiger partial charge is 0.346 e. The average Bonchev–Trinajstić information content (AvgIpc) is 2.53. The lowest BCUT2D eigenvalue weighted by Crippen LogP contribution is -2.24. The van der Waals surface area contributed by atoms with Crippen molar-refractivity contribution in [2.24, 2.45) is 0 Å². The SMILES string of the molecule is Cc1ccc2nc(C)c(C(=O)NCc3ccccn3)cc2c1. The second-order valence-corrected chi connectivity index (χ2v) is 5.32. The molecule has 1 amide bonds. The van der Waals surface area contributed by atoms with Gasteiger partial charge in [0.25, 0.3) is 5.91 Å². The number of hydrogen-bond donors (Lipinski definition) is 1. The van der Waals surface area contributed by atoms with E-state index in [1.54, 1.807) is 6.20 Å². The molecule has 22 heavy (non-hydrogen) atoms. The van der Waals surface area contributed by atoms with Crippen LogP contribution in [-0.2, 0) is 6.54 Å². The standard InChI is InChI=1S/C18H17N3O/c1-12-6-7-17-14(9-12)10-16(13(2)21-17)18(22)20-11-15-5-3-4-8-19-15/h3-10H,11H2,1-2H3,(H,20,22). The van der Waals surface area contributed by atoms with Gasteiger partial charge in [-0.3, -0.25) is 14.8 Å². The molecule has 110 valence electrons.